The van der Waals surface area contributed by atoms with E-state index in [1.165, 1.54) is 4.88 Å². The Bertz CT molecular complexity index is 567. The van der Waals surface area contributed by atoms with E-state index >= 15 is 0 Å². The predicted octanol–water partition coefficient (Wildman–Crippen LogP) is 3.81. The Kier molecular flexibility index (Phi) is 4.32. The molecule has 2 aromatic rings. The number of nitrogens with zero attached hydrogens (tertiary/aromatic N) is 1. The zero-order valence-electron chi connectivity index (χ0n) is 11.8. The summed E-state index contributed by atoms with van der Waals surface area (Å²) >= 11 is 1.72. The maximum Gasteiger partial charge on any atom is 0.129 e. The van der Waals surface area contributed by atoms with Crippen LogP contribution in [0.15, 0.2) is 12.1 Å². The summed E-state index contributed by atoms with van der Waals surface area (Å²) in [6.45, 7) is 9.23. The zero-order valence-corrected chi connectivity index (χ0v) is 12.6. The van der Waals surface area contributed by atoms with Gasteiger partial charge in [-0.3, -0.25) is 0 Å². The fourth-order valence-corrected chi connectivity index (χ4v) is 3.10. The number of aryl methyl sites for hydroxylation is 4. The molecule has 0 radical (unpaired) electrons. The first-order valence-corrected chi connectivity index (χ1v) is 7.18. The maximum atomic E-state index is 13.5. The van der Waals surface area contributed by atoms with E-state index in [1.54, 1.807) is 11.3 Å². The molecule has 1 heterocycles. The molecule has 102 valence electrons. The predicted molar refractivity (Wildman–Crippen MR) is 78.0 cm³/mol. The summed E-state index contributed by atoms with van der Waals surface area (Å²) < 4.78 is 13.5. The van der Waals surface area contributed by atoms with Crippen LogP contribution < -0.4 is 5.32 Å². The molecular formula is C15H19FN2S. The molecular weight excluding hydrogens is 259 g/mol. The lowest BCUT2D eigenvalue weighted by Gasteiger charge is -2.08. The number of thiazole rings is 1. The summed E-state index contributed by atoms with van der Waals surface area (Å²) in [5.74, 6) is -0.0994. The molecule has 0 atom stereocenters. The summed E-state index contributed by atoms with van der Waals surface area (Å²) in [5.41, 5.74) is 3.64. The van der Waals surface area contributed by atoms with Crippen molar-refractivity contribution in [2.24, 2.45) is 0 Å². The minimum Gasteiger partial charge on any atom is -0.308 e. The number of halogens is 1. The Morgan fingerprint density at radius 3 is 2.26 bits per heavy atom. The summed E-state index contributed by atoms with van der Waals surface area (Å²) in [6.07, 6.45) is 0. The topological polar surface area (TPSA) is 24.9 Å². The van der Waals surface area contributed by atoms with Crippen molar-refractivity contribution in [3.05, 3.63) is 50.2 Å². The van der Waals surface area contributed by atoms with Crippen molar-refractivity contribution in [2.75, 3.05) is 0 Å². The lowest BCUT2D eigenvalue weighted by Crippen LogP contribution is -2.13. The fourth-order valence-electron chi connectivity index (χ4n) is 2.20. The van der Waals surface area contributed by atoms with E-state index in [-0.39, 0.29) is 5.82 Å². The molecule has 19 heavy (non-hydrogen) atoms. The third kappa shape index (κ3) is 3.39. The monoisotopic (exact) mass is 278 g/mol. The van der Waals surface area contributed by atoms with E-state index in [9.17, 15) is 4.39 Å². The first kappa shape index (κ1) is 14.2. The average Bonchev–Trinajstić information content (AvgIpc) is 2.65. The number of hydrogen-bond donors (Lipinski definition) is 1. The van der Waals surface area contributed by atoms with Gasteiger partial charge in [0, 0.05) is 18.0 Å². The Morgan fingerprint density at radius 1 is 1.11 bits per heavy atom. The molecule has 4 heteroatoms. The second kappa shape index (κ2) is 5.80. The molecule has 0 unspecified atom stereocenters. The number of benzene rings is 1. The molecule has 0 bridgehead atoms. The summed E-state index contributed by atoms with van der Waals surface area (Å²) in [6, 6.07) is 3.81. The molecule has 0 amide bonds. The van der Waals surface area contributed by atoms with Gasteiger partial charge in [-0.15, -0.1) is 11.3 Å². The van der Waals surface area contributed by atoms with Crippen LogP contribution in [-0.4, -0.2) is 4.98 Å². The van der Waals surface area contributed by atoms with Crippen LogP contribution in [0.3, 0.4) is 0 Å². The Hall–Kier alpha value is -1.26. The van der Waals surface area contributed by atoms with Crippen molar-refractivity contribution in [1.29, 1.82) is 0 Å². The third-order valence-electron chi connectivity index (χ3n) is 3.11. The average molecular weight is 278 g/mol. The van der Waals surface area contributed by atoms with Crippen molar-refractivity contribution in [3.8, 4) is 0 Å². The molecule has 1 aromatic heterocycles. The first-order chi connectivity index (χ1) is 8.97. The number of nitrogens with one attached hydrogen (secondary N) is 1. The second-order valence-corrected chi connectivity index (χ2v) is 6.18. The van der Waals surface area contributed by atoms with E-state index < -0.39 is 0 Å². The van der Waals surface area contributed by atoms with Crippen LogP contribution in [-0.2, 0) is 13.1 Å². The summed E-state index contributed by atoms with van der Waals surface area (Å²) in [4.78, 5) is 5.68. The molecule has 2 nitrogen and oxygen atoms in total. The van der Waals surface area contributed by atoms with Gasteiger partial charge in [-0.05, 0) is 44.4 Å². The van der Waals surface area contributed by atoms with Crippen LogP contribution in [0.1, 0.15) is 32.3 Å². The lowest BCUT2D eigenvalue weighted by molar-refractivity contribution is 0.606. The lowest BCUT2D eigenvalue weighted by atomic mass is 10.1. The van der Waals surface area contributed by atoms with Crippen molar-refractivity contribution >= 4 is 11.3 Å². The minimum atomic E-state index is -0.0994. The van der Waals surface area contributed by atoms with Gasteiger partial charge in [0.1, 0.15) is 5.82 Å². The molecule has 0 aliphatic heterocycles. The molecule has 1 aromatic carbocycles. The number of hydrogen-bond acceptors (Lipinski definition) is 3. The summed E-state index contributed by atoms with van der Waals surface area (Å²) in [5, 5.41) is 4.49. The fraction of sp³-hybridized carbons (Fsp3) is 0.400. The molecule has 0 spiro atoms. The molecule has 2 rings (SSSR count). The minimum absolute atomic E-state index is 0.0994. The molecule has 0 fully saturated rings. The Morgan fingerprint density at radius 2 is 1.74 bits per heavy atom. The third-order valence-corrected chi connectivity index (χ3v) is 4.18. The quantitative estimate of drug-likeness (QED) is 0.920. The van der Waals surface area contributed by atoms with Gasteiger partial charge in [0.25, 0.3) is 0 Å². The van der Waals surface area contributed by atoms with Crippen molar-refractivity contribution in [2.45, 2.75) is 40.8 Å². The highest BCUT2D eigenvalue weighted by molar-refractivity contribution is 7.11. The summed E-state index contributed by atoms with van der Waals surface area (Å²) in [7, 11) is 0. The van der Waals surface area contributed by atoms with E-state index in [0.717, 1.165) is 29.4 Å². The van der Waals surface area contributed by atoms with E-state index in [2.05, 4.69) is 10.3 Å². The van der Waals surface area contributed by atoms with Crippen LogP contribution in [0.4, 0.5) is 4.39 Å². The molecule has 0 saturated heterocycles. The molecule has 0 aliphatic rings. The Balaban J connectivity index is 1.98. The Labute approximate surface area is 117 Å². The van der Waals surface area contributed by atoms with Crippen molar-refractivity contribution in [1.82, 2.24) is 10.3 Å². The van der Waals surface area contributed by atoms with E-state index in [4.69, 9.17) is 0 Å². The maximum absolute atomic E-state index is 13.5. The van der Waals surface area contributed by atoms with Gasteiger partial charge in [0.05, 0.1) is 10.7 Å². The molecule has 0 saturated carbocycles. The van der Waals surface area contributed by atoms with Crippen molar-refractivity contribution in [3.63, 3.8) is 0 Å². The SMILES string of the molecule is Cc1nc(C)c(CNCc2cc(C)c(F)c(C)c2)s1. The normalized spacial score (nSPS) is 11.0. The zero-order chi connectivity index (χ0) is 14.0. The van der Waals surface area contributed by atoms with Crippen LogP contribution >= 0.6 is 11.3 Å². The van der Waals surface area contributed by atoms with E-state index in [0.29, 0.717) is 11.1 Å². The van der Waals surface area contributed by atoms with Gasteiger partial charge in [-0.1, -0.05) is 12.1 Å². The van der Waals surface area contributed by atoms with Gasteiger partial charge >= 0.3 is 0 Å². The van der Waals surface area contributed by atoms with E-state index in [1.807, 2.05) is 39.8 Å². The number of aromatic nitrogens is 1. The molecule has 1 N–H and O–H groups in total. The van der Waals surface area contributed by atoms with Gasteiger partial charge in [-0.2, -0.15) is 0 Å². The number of rotatable bonds is 4. The second-order valence-electron chi connectivity index (χ2n) is 4.89. The highest BCUT2D eigenvalue weighted by atomic mass is 32.1. The van der Waals surface area contributed by atoms with Crippen LogP contribution in [0.25, 0.3) is 0 Å². The van der Waals surface area contributed by atoms with Crippen LogP contribution in [0, 0.1) is 33.5 Å². The first-order valence-electron chi connectivity index (χ1n) is 6.36. The molecule has 0 aliphatic carbocycles. The van der Waals surface area contributed by atoms with Gasteiger partial charge in [-0.25, -0.2) is 9.37 Å². The largest absolute Gasteiger partial charge is 0.308 e. The van der Waals surface area contributed by atoms with Crippen molar-refractivity contribution < 1.29 is 4.39 Å². The van der Waals surface area contributed by atoms with Crippen LogP contribution in [0.2, 0.25) is 0 Å². The van der Waals surface area contributed by atoms with Gasteiger partial charge in [0.15, 0.2) is 0 Å². The highest BCUT2D eigenvalue weighted by Gasteiger charge is 2.06. The van der Waals surface area contributed by atoms with Gasteiger partial charge < -0.3 is 5.32 Å². The standard InChI is InChI=1S/C15H19FN2S/c1-9-5-13(6-10(2)15(9)16)7-17-8-14-11(3)18-12(4)19-14/h5-6,17H,7-8H2,1-4H3. The highest BCUT2D eigenvalue weighted by Crippen LogP contribution is 2.18. The van der Waals surface area contributed by atoms with Gasteiger partial charge in [0.2, 0.25) is 0 Å². The van der Waals surface area contributed by atoms with Crippen LogP contribution in [0.5, 0.6) is 0 Å². The smallest absolute Gasteiger partial charge is 0.129 e.